The molecule has 0 aliphatic heterocycles. The van der Waals surface area contributed by atoms with Gasteiger partial charge in [-0.1, -0.05) is 24.3 Å². The van der Waals surface area contributed by atoms with Crippen molar-refractivity contribution in [1.29, 1.82) is 0 Å². The van der Waals surface area contributed by atoms with Gasteiger partial charge in [0.25, 0.3) is 5.82 Å². The molecule has 4 rings (SSSR count). The van der Waals surface area contributed by atoms with E-state index < -0.39 is 0 Å². The predicted octanol–water partition coefficient (Wildman–Crippen LogP) is 4.86. The molecule has 1 aromatic carbocycles. The van der Waals surface area contributed by atoms with Crippen molar-refractivity contribution >= 4 is 28.1 Å². The van der Waals surface area contributed by atoms with Crippen LogP contribution in [0.25, 0.3) is 10.9 Å². The number of aromatic amines is 2. The van der Waals surface area contributed by atoms with Crippen molar-refractivity contribution in [2.45, 2.75) is 19.9 Å². The van der Waals surface area contributed by atoms with Gasteiger partial charge in [0.1, 0.15) is 0 Å². The van der Waals surface area contributed by atoms with Gasteiger partial charge in [-0.25, -0.2) is 4.98 Å². The molecule has 0 spiro atoms. The molecule has 4 aromatic rings. The predicted molar refractivity (Wildman–Crippen MR) is 101 cm³/mol. The highest BCUT2D eigenvalue weighted by Gasteiger charge is 2.25. The molecule has 3 aromatic heterocycles. The van der Waals surface area contributed by atoms with Crippen LogP contribution in [0.4, 0.5) is 5.82 Å². The van der Waals surface area contributed by atoms with Gasteiger partial charge in [-0.2, -0.15) is 0 Å². The second-order valence-electron chi connectivity index (χ2n) is 6.08. The van der Waals surface area contributed by atoms with E-state index in [0.717, 1.165) is 5.82 Å². The molecule has 3 N–H and O–H groups in total. The Kier molecular flexibility index (Phi) is 3.82. The van der Waals surface area contributed by atoms with Crippen LogP contribution in [0, 0.1) is 13.8 Å². The van der Waals surface area contributed by atoms with Crippen molar-refractivity contribution in [3.63, 3.8) is 0 Å². The number of benzene rings is 1. The third-order valence-electron chi connectivity index (χ3n) is 4.32. The lowest BCUT2D eigenvalue weighted by Gasteiger charge is -2.14. The molecule has 3 heterocycles. The summed E-state index contributed by atoms with van der Waals surface area (Å²) in [7, 11) is 0. The third kappa shape index (κ3) is 2.69. The molecule has 0 unspecified atom stereocenters. The summed E-state index contributed by atoms with van der Waals surface area (Å²) in [5.74, 6) is 1.03. The number of pyridine rings is 1. The molecule has 0 fully saturated rings. The van der Waals surface area contributed by atoms with Gasteiger partial charge in [0, 0.05) is 28.2 Å². The van der Waals surface area contributed by atoms with E-state index in [1.54, 1.807) is 11.3 Å². The quantitative estimate of drug-likeness (QED) is 0.550. The second kappa shape index (κ2) is 6.13. The highest BCUT2D eigenvalue weighted by atomic mass is 32.1. The van der Waals surface area contributed by atoms with Crippen LogP contribution < -0.4 is 10.3 Å². The summed E-state index contributed by atoms with van der Waals surface area (Å²) in [4.78, 5) is 8.14. The summed E-state index contributed by atoms with van der Waals surface area (Å²) in [5.41, 5.74) is 4.93. The number of nitrogens with one attached hydrogen (secondary N) is 3. The van der Waals surface area contributed by atoms with Crippen molar-refractivity contribution in [1.82, 2.24) is 4.98 Å². The normalized spacial score (nSPS) is 12.4. The Labute approximate surface area is 145 Å². The number of H-pyrrole nitrogens is 2. The first kappa shape index (κ1) is 15.0. The standard InChI is InChI=1S/C20H19N3S/c1-13-9-10-21-18(12-13)23-20(17-8-5-11-24-17)19-14(2)22-16-7-4-3-6-15(16)19/h3-12,20,22H,1-2H3,(H,21,23)/p+1/t20-/m0/s1. The van der Waals surface area contributed by atoms with E-state index in [9.17, 15) is 0 Å². The molecule has 120 valence electrons. The summed E-state index contributed by atoms with van der Waals surface area (Å²) in [6.07, 6.45) is 1.98. The fourth-order valence-electron chi connectivity index (χ4n) is 3.23. The first-order chi connectivity index (χ1) is 11.7. The molecule has 0 amide bonds. The number of anilines is 1. The Bertz CT molecular complexity index is 970. The van der Waals surface area contributed by atoms with Crippen LogP contribution in [-0.2, 0) is 0 Å². The maximum absolute atomic E-state index is 3.69. The Balaban J connectivity index is 1.85. The fourth-order valence-corrected chi connectivity index (χ4v) is 4.01. The van der Waals surface area contributed by atoms with E-state index in [0.29, 0.717) is 0 Å². The number of thiophene rings is 1. The number of fused-ring (bicyclic) bond motifs is 1. The van der Waals surface area contributed by atoms with Gasteiger partial charge >= 0.3 is 0 Å². The Morgan fingerprint density at radius 2 is 1.96 bits per heavy atom. The lowest BCUT2D eigenvalue weighted by atomic mass is 10.0. The van der Waals surface area contributed by atoms with Crippen molar-refractivity contribution in [2.75, 3.05) is 5.32 Å². The van der Waals surface area contributed by atoms with Gasteiger partial charge in [0.15, 0.2) is 6.04 Å². The van der Waals surface area contributed by atoms with Crippen molar-refractivity contribution in [2.24, 2.45) is 0 Å². The lowest BCUT2D eigenvalue weighted by molar-refractivity contribution is -0.361. The monoisotopic (exact) mass is 334 g/mol. The minimum atomic E-state index is 0.110. The van der Waals surface area contributed by atoms with Gasteiger partial charge in [0.05, 0.1) is 11.1 Å². The molecule has 24 heavy (non-hydrogen) atoms. The third-order valence-corrected chi connectivity index (χ3v) is 5.25. The maximum atomic E-state index is 3.69. The fraction of sp³-hybridized carbons (Fsp3) is 0.150. The zero-order valence-electron chi connectivity index (χ0n) is 13.8. The molecule has 0 saturated carbocycles. The highest BCUT2D eigenvalue weighted by Crippen LogP contribution is 2.35. The summed E-state index contributed by atoms with van der Waals surface area (Å²) < 4.78 is 0. The Morgan fingerprint density at radius 1 is 1.08 bits per heavy atom. The van der Waals surface area contributed by atoms with Gasteiger partial charge in [-0.05, 0) is 43.0 Å². The molecule has 1 atom stereocenters. The van der Waals surface area contributed by atoms with Crippen molar-refractivity contribution in [3.05, 3.63) is 81.8 Å². The molecule has 0 aliphatic carbocycles. The number of para-hydroxylation sites is 1. The number of hydrogen-bond acceptors (Lipinski definition) is 2. The lowest BCUT2D eigenvalue weighted by Crippen LogP contribution is -2.18. The van der Waals surface area contributed by atoms with Crippen LogP contribution in [0.3, 0.4) is 0 Å². The number of hydrogen-bond donors (Lipinski definition) is 2. The molecular weight excluding hydrogens is 314 g/mol. The minimum Gasteiger partial charge on any atom is -0.358 e. The summed E-state index contributed by atoms with van der Waals surface area (Å²) in [5, 5.41) is 7.10. The average molecular weight is 334 g/mol. The van der Waals surface area contributed by atoms with Crippen LogP contribution in [0.5, 0.6) is 0 Å². The first-order valence-corrected chi connectivity index (χ1v) is 8.96. The topological polar surface area (TPSA) is 42.0 Å². The van der Waals surface area contributed by atoms with E-state index in [-0.39, 0.29) is 6.04 Å². The van der Waals surface area contributed by atoms with Gasteiger partial charge in [-0.3, -0.25) is 5.32 Å². The first-order valence-electron chi connectivity index (χ1n) is 8.08. The molecule has 0 saturated heterocycles. The van der Waals surface area contributed by atoms with Crippen molar-refractivity contribution in [3.8, 4) is 0 Å². The van der Waals surface area contributed by atoms with Crippen LogP contribution >= 0.6 is 11.3 Å². The van der Waals surface area contributed by atoms with Crippen LogP contribution in [0.15, 0.2) is 60.1 Å². The summed E-state index contributed by atoms with van der Waals surface area (Å²) >= 11 is 1.78. The molecule has 0 aliphatic rings. The van der Waals surface area contributed by atoms with Gasteiger partial charge in [-0.15, -0.1) is 11.3 Å². The highest BCUT2D eigenvalue weighted by molar-refractivity contribution is 7.10. The zero-order valence-corrected chi connectivity index (χ0v) is 14.6. The largest absolute Gasteiger partial charge is 0.358 e. The van der Waals surface area contributed by atoms with Crippen LogP contribution in [0.2, 0.25) is 0 Å². The second-order valence-corrected chi connectivity index (χ2v) is 7.06. The zero-order chi connectivity index (χ0) is 16.5. The molecule has 3 nitrogen and oxygen atoms in total. The SMILES string of the molecule is Cc1cc[nH+]c(N[C@@H](c2cccs2)c2c(C)[nH]c3ccccc23)c1. The summed E-state index contributed by atoms with van der Waals surface area (Å²) in [6, 6.07) is 17.1. The molecule has 0 bridgehead atoms. The van der Waals surface area contributed by atoms with Crippen LogP contribution in [0.1, 0.15) is 27.7 Å². The van der Waals surface area contributed by atoms with Gasteiger partial charge < -0.3 is 4.98 Å². The van der Waals surface area contributed by atoms with E-state index in [4.69, 9.17) is 0 Å². The van der Waals surface area contributed by atoms with Crippen LogP contribution in [-0.4, -0.2) is 4.98 Å². The molecule has 0 radical (unpaired) electrons. The molecular formula is C20H20N3S+. The number of aromatic nitrogens is 2. The Hall–Kier alpha value is -2.59. The maximum Gasteiger partial charge on any atom is 0.273 e. The van der Waals surface area contributed by atoms with E-state index in [1.807, 2.05) is 6.20 Å². The van der Waals surface area contributed by atoms with Crippen molar-refractivity contribution < 1.29 is 4.98 Å². The van der Waals surface area contributed by atoms with Gasteiger partial charge in [0.2, 0.25) is 0 Å². The number of rotatable bonds is 4. The van der Waals surface area contributed by atoms with E-state index in [2.05, 4.69) is 83.0 Å². The van der Waals surface area contributed by atoms with E-state index >= 15 is 0 Å². The van der Waals surface area contributed by atoms with E-state index in [1.165, 1.54) is 32.6 Å². The Morgan fingerprint density at radius 3 is 2.75 bits per heavy atom. The summed E-state index contributed by atoms with van der Waals surface area (Å²) in [6.45, 7) is 4.26. The average Bonchev–Trinajstić information content (AvgIpc) is 3.20. The number of aryl methyl sites for hydroxylation is 2. The minimum absolute atomic E-state index is 0.110. The smallest absolute Gasteiger partial charge is 0.273 e. The molecule has 4 heteroatoms.